The molecule has 0 aliphatic carbocycles. The standard InChI is InChI=1S/C20H15ClF4N4OS/c1-10(30)9-29-18(20(23,24)25)12(8-28-29)17-16(19-26-5-6-31-19)11(7-27-17)15-13(21)3-2-4-14(15)22/h2-8,10,27,30H,9H2,1H3/t10-/m1/s1. The van der Waals surface area contributed by atoms with Gasteiger partial charge in [-0.15, -0.1) is 11.3 Å². The second-order valence-corrected chi connectivity index (χ2v) is 8.12. The summed E-state index contributed by atoms with van der Waals surface area (Å²) in [5.41, 5.74) is -0.569. The maximum Gasteiger partial charge on any atom is 0.433 e. The fraction of sp³-hybridized carbons (Fsp3) is 0.200. The van der Waals surface area contributed by atoms with Gasteiger partial charge >= 0.3 is 6.18 Å². The Labute approximate surface area is 182 Å². The van der Waals surface area contributed by atoms with Gasteiger partial charge in [0.15, 0.2) is 5.69 Å². The highest BCUT2D eigenvalue weighted by atomic mass is 35.5. The molecule has 162 valence electrons. The van der Waals surface area contributed by atoms with Crippen LogP contribution >= 0.6 is 22.9 Å². The number of alkyl halides is 3. The number of benzene rings is 1. The Bertz CT molecular complexity index is 1190. The number of aliphatic hydroxyl groups is 1. The summed E-state index contributed by atoms with van der Waals surface area (Å²) >= 11 is 7.42. The van der Waals surface area contributed by atoms with Gasteiger partial charge in [0.1, 0.15) is 10.8 Å². The van der Waals surface area contributed by atoms with Gasteiger partial charge in [-0.1, -0.05) is 17.7 Å². The van der Waals surface area contributed by atoms with Crippen LogP contribution in [0.25, 0.3) is 33.0 Å². The number of H-pyrrole nitrogens is 1. The molecule has 0 unspecified atom stereocenters. The summed E-state index contributed by atoms with van der Waals surface area (Å²) in [5, 5.41) is 15.6. The average Bonchev–Trinajstić information content (AvgIpc) is 3.38. The highest BCUT2D eigenvalue weighted by molar-refractivity contribution is 7.13. The van der Waals surface area contributed by atoms with E-state index in [0.29, 0.717) is 9.69 Å². The molecule has 0 saturated carbocycles. The largest absolute Gasteiger partial charge is 0.433 e. The smallest absolute Gasteiger partial charge is 0.391 e. The number of hydrogen-bond donors (Lipinski definition) is 2. The Kier molecular flexibility index (Phi) is 5.63. The zero-order valence-electron chi connectivity index (χ0n) is 15.9. The summed E-state index contributed by atoms with van der Waals surface area (Å²) in [6.07, 6.45) is -1.81. The molecule has 2 N–H and O–H groups in total. The van der Waals surface area contributed by atoms with E-state index in [1.165, 1.54) is 48.9 Å². The molecule has 1 aromatic carbocycles. The van der Waals surface area contributed by atoms with Crippen molar-refractivity contribution >= 4 is 22.9 Å². The number of aliphatic hydroxyl groups excluding tert-OH is 1. The van der Waals surface area contributed by atoms with Gasteiger partial charge in [-0.25, -0.2) is 9.37 Å². The van der Waals surface area contributed by atoms with Crippen molar-refractivity contribution in [2.24, 2.45) is 0 Å². The van der Waals surface area contributed by atoms with Crippen LogP contribution in [0.4, 0.5) is 17.6 Å². The van der Waals surface area contributed by atoms with Gasteiger partial charge in [0.2, 0.25) is 0 Å². The number of rotatable bonds is 5. The van der Waals surface area contributed by atoms with Crippen LogP contribution in [0, 0.1) is 5.82 Å². The molecule has 0 aliphatic rings. The van der Waals surface area contributed by atoms with E-state index in [2.05, 4.69) is 15.1 Å². The topological polar surface area (TPSA) is 66.7 Å². The fourth-order valence-corrected chi connectivity index (χ4v) is 4.38. The van der Waals surface area contributed by atoms with E-state index in [1.807, 2.05) is 0 Å². The van der Waals surface area contributed by atoms with Crippen molar-refractivity contribution in [3.63, 3.8) is 0 Å². The van der Waals surface area contributed by atoms with E-state index in [4.69, 9.17) is 11.6 Å². The van der Waals surface area contributed by atoms with E-state index in [0.717, 1.165) is 6.20 Å². The number of nitrogens with one attached hydrogen (secondary N) is 1. The molecule has 0 spiro atoms. The second kappa shape index (κ2) is 8.10. The maximum absolute atomic E-state index is 14.6. The Morgan fingerprint density at radius 3 is 2.65 bits per heavy atom. The quantitative estimate of drug-likeness (QED) is 0.359. The number of aromatic amines is 1. The molecule has 0 saturated heterocycles. The van der Waals surface area contributed by atoms with Gasteiger partial charge in [-0.05, 0) is 19.1 Å². The summed E-state index contributed by atoms with van der Waals surface area (Å²) in [6, 6.07) is 4.17. The van der Waals surface area contributed by atoms with Crippen molar-refractivity contribution in [2.75, 3.05) is 0 Å². The average molecular weight is 471 g/mol. The van der Waals surface area contributed by atoms with Gasteiger partial charge in [0.05, 0.1) is 29.6 Å². The zero-order chi connectivity index (χ0) is 22.3. The van der Waals surface area contributed by atoms with Gasteiger partial charge < -0.3 is 10.1 Å². The molecular formula is C20H15ClF4N4OS. The van der Waals surface area contributed by atoms with Crippen molar-refractivity contribution in [1.29, 1.82) is 0 Å². The third-order valence-corrected chi connectivity index (χ3v) is 5.68. The third-order valence-electron chi connectivity index (χ3n) is 4.57. The van der Waals surface area contributed by atoms with Crippen molar-refractivity contribution in [3.05, 3.63) is 58.7 Å². The fourth-order valence-electron chi connectivity index (χ4n) is 3.41. The molecule has 0 amide bonds. The first kappa shape index (κ1) is 21.5. The van der Waals surface area contributed by atoms with E-state index < -0.39 is 23.8 Å². The molecule has 1 atom stereocenters. The van der Waals surface area contributed by atoms with E-state index in [-0.39, 0.29) is 39.5 Å². The first-order valence-corrected chi connectivity index (χ1v) is 10.3. The molecule has 4 rings (SSSR count). The molecular weight excluding hydrogens is 456 g/mol. The van der Waals surface area contributed by atoms with Crippen LogP contribution in [0.3, 0.4) is 0 Å². The van der Waals surface area contributed by atoms with Gasteiger partial charge in [-0.3, -0.25) is 4.68 Å². The molecule has 0 radical (unpaired) electrons. The number of nitrogens with zero attached hydrogens (tertiary/aromatic N) is 3. The third kappa shape index (κ3) is 3.98. The number of aromatic nitrogens is 4. The number of hydrogen-bond acceptors (Lipinski definition) is 4. The predicted molar refractivity (Wildman–Crippen MR) is 110 cm³/mol. The molecule has 0 fully saturated rings. The predicted octanol–water partition coefficient (Wildman–Crippen LogP) is 5.86. The lowest BCUT2D eigenvalue weighted by Gasteiger charge is -2.14. The Morgan fingerprint density at radius 1 is 1.26 bits per heavy atom. The normalized spacial score (nSPS) is 13.0. The lowest BCUT2D eigenvalue weighted by atomic mass is 9.99. The minimum atomic E-state index is -4.75. The van der Waals surface area contributed by atoms with E-state index in [1.54, 1.807) is 5.38 Å². The summed E-state index contributed by atoms with van der Waals surface area (Å²) in [6.45, 7) is 1.03. The Balaban J connectivity index is 2.00. The number of halogens is 5. The van der Waals surface area contributed by atoms with Crippen LogP contribution in [0.2, 0.25) is 5.02 Å². The lowest BCUT2D eigenvalue weighted by Crippen LogP contribution is -2.21. The first-order chi connectivity index (χ1) is 14.7. The highest BCUT2D eigenvalue weighted by Gasteiger charge is 2.40. The first-order valence-electron chi connectivity index (χ1n) is 9.05. The SMILES string of the molecule is C[C@@H](O)Cn1ncc(-c2[nH]cc(-c3c(F)cccc3Cl)c2-c2nccs2)c1C(F)(F)F. The van der Waals surface area contributed by atoms with Gasteiger partial charge in [-0.2, -0.15) is 18.3 Å². The Hall–Kier alpha value is -2.69. The molecule has 31 heavy (non-hydrogen) atoms. The summed E-state index contributed by atoms with van der Waals surface area (Å²) in [4.78, 5) is 7.06. The molecule has 5 nitrogen and oxygen atoms in total. The monoisotopic (exact) mass is 470 g/mol. The van der Waals surface area contributed by atoms with Crippen LogP contribution in [0.5, 0.6) is 0 Å². The summed E-state index contributed by atoms with van der Waals surface area (Å²) in [7, 11) is 0. The van der Waals surface area contributed by atoms with Crippen LogP contribution < -0.4 is 0 Å². The molecule has 3 heterocycles. The molecule has 0 aliphatic heterocycles. The molecule has 0 bridgehead atoms. The summed E-state index contributed by atoms with van der Waals surface area (Å²) < 4.78 is 57.2. The lowest BCUT2D eigenvalue weighted by molar-refractivity contribution is -0.144. The second-order valence-electron chi connectivity index (χ2n) is 6.82. The van der Waals surface area contributed by atoms with Crippen LogP contribution in [-0.4, -0.2) is 31.0 Å². The zero-order valence-corrected chi connectivity index (χ0v) is 17.5. The highest BCUT2D eigenvalue weighted by Crippen LogP contribution is 2.46. The maximum atomic E-state index is 14.6. The minimum absolute atomic E-state index is 0.0572. The van der Waals surface area contributed by atoms with Crippen LogP contribution in [0.1, 0.15) is 12.6 Å². The van der Waals surface area contributed by atoms with Crippen molar-refractivity contribution in [3.8, 4) is 33.0 Å². The van der Waals surface area contributed by atoms with Crippen molar-refractivity contribution in [2.45, 2.75) is 25.7 Å². The van der Waals surface area contributed by atoms with Crippen LogP contribution in [0.15, 0.2) is 42.2 Å². The number of thiazole rings is 1. The summed E-state index contributed by atoms with van der Waals surface area (Å²) in [5.74, 6) is -0.614. The molecule has 11 heteroatoms. The van der Waals surface area contributed by atoms with Gasteiger partial charge in [0.25, 0.3) is 0 Å². The minimum Gasteiger partial charge on any atom is -0.391 e. The van der Waals surface area contributed by atoms with Crippen LogP contribution in [-0.2, 0) is 12.7 Å². The van der Waals surface area contributed by atoms with Crippen molar-refractivity contribution in [1.82, 2.24) is 19.7 Å². The Morgan fingerprint density at radius 2 is 2.03 bits per heavy atom. The van der Waals surface area contributed by atoms with Crippen molar-refractivity contribution < 1.29 is 22.7 Å². The van der Waals surface area contributed by atoms with E-state index in [9.17, 15) is 22.7 Å². The van der Waals surface area contributed by atoms with E-state index >= 15 is 0 Å². The molecule has 4 aromatic rings. The van der Waals surface area contributed by atoms with Gasteiger partial charge in [0, 0.05) is 40.0 Å². The molecule has 3 aromatic heterocycles.